The van der Waals surface area contributed by atoms with E-state index < -0.39 is 0 Å². The quantitative estimate of drug-likeness (QED) is 0.396. The summed E-state index contributed by atoms with van der Waals surface area (Å²) in [5, 5.41) is 0.794. The van der Waals surface area contributed by atoms with Crippen LogP contribution < -0.4 is 10.6 Å². The average molecular weight is 494 g/mol. The number of aliphatic imine (C=N–C) groups is 1. The molecule has 1 atom stereocenters. The molecule has 0 radical (unpaired) electrons. The lowest BCUT2D eigenvalue weighted by molar-refractivity contribution is 0.00528. The van der Waals surface area contributed by atoms with E-state index >= 15 is 0 Å². The van der Waals surface area contributed by atoms with Crippen molar-refractivity contribution in [3.8, 4) is 0 Å². The van der Waals surface area contributed by atoms with Gasteiger partial charge in [-0.3, -0.25) is 9.89 Å². The van der Waals surface area contributed by atoms with Gasteiger partial charge < -0.3 is 20.3 Å². The highest BCUT2D eigenvalue weighted by Crippen LogP contribution is 2.20. The van der Waals surface area contributed by atoms with E-state index in [1.807, 2.05) is 18.2 Å². The van der Waals surface area contributed by atoms with Gasteiger partial charge in [0.05, 0.1) is 19.3 Å². The van der Waals surface area contributed by atoms with Crippen LogP contribution in [-0.2, 0) is 4.74 Å². The van der Waals surface area contributed by atoms with Crippen LogP contribution in [0, 0.1) is 0 Å². The monoisotopic (exact) mass is 493 g/mol. The molecular weight excluding hydrogens is 465 g/mol. The molecule has 0 amide bonds. The maximum absolute atomic E-state index is 6.12. The number of rotatable bonds is 4. The first-order valence-electron chi connectivity index (χ1n) is 9.01. The molecule has 0 saturated carbocycles. The summed E-state index contributed by atoms with van der Waals surface area (Å²) < 4.78 is 5.54. The van der Waals surface area contributed by atoms with Gasteiger partial charge in [0.25, 0.3) is 0 Å². The van der Waals surface area contributed by atoms with E-state index in [4.69, 9.17) is 22.1 Å². The van der Waals surface area contributed by atoms with Gasteiger partial charge in [-0.25, -0.2) is 0 Å². The molecule has 0 aromatic heterocycles. The molecule has 2 fully saturated rings. The molecule has 0 bridgehead atoms. The molecule has 2 saturated heterocycles. The third-order valence-corrected chi connectivity index (χ3v) is 5.04. The predicted molar refractivity (Wildman–Crippen MR) is 119 cm³/mol. The van der Waals surface area contributed by atoms with Crippen molar-refractivity contribution in [3.05, 3.63) is 29.3 Å². The van der Waals surface area contributed by atoms with Crippen molar-refractivity contribution in [2.45, 2.75) is 13.0 Å². The summed E-state index contributed by atoms with van der Waals surface area (Å²) in [5.41, 5.74) is 7.32. The van der Waals surface area contributed by atoms with Crippen LogP contribution >= 0.6 is 35.6 Å². The normalized spacial score (nSPS) is 22.2. The van der Waals surface area contributed by atoms with Crippen molar-refractivity contribution in [2.75, 3.05) is 63.9 Å². The Morgan fingerprint density at radius 1 is 1.27 bits per heavy atom. The summed E-state index contributed by atoms with van der Waals surface area (Å²) in [4.78, 5) is 11.5. The summed E-state index contributed by atoms with van der Waals surface area (Å²) in [7, 11) is 0. The molecule has 2 heterocycles. The van der Waals surface area contributed by atoms with Gasteiger partial charge in [0.2, 0.25) is 0 Å². The first-order valence-corrected chi connectivity index (χ1v) is 9.39. The van der Waals surface area contributed by atoms with Gasteiger partial charge in [-0.05, 0) is 25.1 Å². The van der Waals surface area contributed by atoms with Crippen LogP contribution in [0.1, 0.15) is 6.92 Å². The second kappa shape index (κ2) is 10.5. The van der Waals surface area contributed by atoms with E-state index in [-0.39, 0.29) is 30.1 Å². The lowest BCUT2D eigenvalue weighted by Crippen LogP contribution is -2.49. The molecule has 1 aromatic carbocycles. The Balaban J connectivity index is 0.00000243. The van der Waals surface area contributed by atoms with Crippen molar-refractivity contribution in [2.24, 2.45) is 10.7 Å². The first kappa shape index (κ1) is 21.5. The number of nitrogens with two attached hydrogens (primary N) is 1. The number of hydrogen-bond acceptors (Lipinski definition) is 4. The number of benzene rings is 1. The van der Waals surface area contributed by atoms with E-state index in [0.717, 1.165) is 64.0 Å². The SMILES string of the molecule is CC1CN(C(N)=NCCN2CCN(c3cccc(Cl)c3)CC2)CCO1.I. The van der Waals surface area contributed by atoms with Gasteiger partial charge in [-0.15, -0.1) is 24.0 Å². The molecule has 146 valence electrons. The van der Waals surface area contributed by atoms with Crippen LogP contribution in [0.3, 0.4) is 0 Å². The maximum atomic E-state index is 6.12. The minimum absolute atomic E-state index is 0. The summed E-state index contributed by atoms with van der Waals surface area (Å²) in [6.45, 7) is 10.3. The summed E-state index contributed by atoms with van der Waals surface area (Å²) >= 11 is 6.09. The fourth-order valence-corrected chi connectivity index (χ4v) is 3.52. The zero-order chi connectivity index (χ0) is 17.6. The average Bonchev–Trinajstić information content (AvgIpc) is 2.62. The summed E-state index contributed by atoms with van der Waals surface area (Å²) in [6.07, 6.45) is 0.224. The summed E-state index contributed by atoms with van der Waals surface area (Å²) in [5.74, 6) is 0.646. The van der Waals surface area contributed by atoms with Gasteiger partial charge in [-0.2, -0.15) is 0 Å². The van der Waals surface area contributed by atoms with Gasteiger partial charge in [0, 0.05) is 56.5 Å². The summed E-state index contributed by atoms with van der Waals surface area (Å²) in [6, 6.07) is 8.08. The largest absolute Gasteiger partial charge is 0.375 e. The van der Waals surface area contributed by atoms with E-state index in [2.05, 4.69) is 32.7 Å². The fraction of sp³-hybridized carbons (Fsp3) is 0.611. The minimum atomic E-state index is 0. The molecule has 3 rings (SSSR count). The van der Waals surface area contributed by atoms with Gasteiger partial charge in [0.1, 0.15) is 0 Å². The van der Waals surface area contributed by atoms with E-state index in [9.17, 15) is 0 Å². The number of morpholine rings is 1. The zero-order valence-corrected chi connectivity index (χ0v) is 18.4. The number of halogens is 2. The lowest BCUT2D eigenvalue weighted by atomic mass is 10.2. The molecule has 2 aliphatic heterocycles. The molecular formula is C18H29ClIN5O. The van der Waals surface area contributed by atoms with Crippen LogP contribution in [-0.4, -0.2) is 80.8 Å². The molecule has 1 unspecified atom stereocenters. The molecule has 6 nitrogen and oxygen atoms in total. The molecule has 0 aliphatic carbocycles. The van der Waals surface area contributed by atoms with Crippen LogP contribution in [0.15, 0.2) is 29.3 Å². The third kappa shape index (κ3) is 6.14. The Hall–Kier alpha value is -0.770. The number of hydrogen-bond donors (Lipinski definition) is 1. The van der Waals surface area contributed by atoms with Crippen molar-refractivity contribution in [1.82, 2.24) is 9.80 Å². The lowest BCUT2D eigenvalue weighted by Gasteiger charge is -2.36. The number of guanidine groups is 1. The molecule has 26 heavy (non-hydrogen) atoms. The Morgan fingerprint density at radius 3 is 2.73 bits per heavy atom. The van der Waals surface area contributed by atoms with Gasteiger partial charge >= 0.3 is 0 Å². The van der Waals surface area contributed by atoms with Crippen LogP contribution in [0.5, 0.6) is 0 Å². The number of nitrogens with zero attached hydrogens (tertiary/aromatic N) is 4. The third-order valence-electron chi connectivity index (χ3n) is 4.80. The standard InChI is InChI=1S/C18H28ClN5O.HI/c1-15-14-24(11-12-25-15)18(20)21-5-6-22-7-9-23(10-8-22)17-4-2-3-16(19)13-17;/h2-4,13,15H,5-12,14H2,1H3,(H2,20,21);1H. The highest BCUT2D eigenvalue weighted by atomic mass is 127. The highest BCUT2D eigenvalue weighted by Gasteiger charge is 2.19. The predicted octanol–water partition coefficient (Wildman–Crippen LogP) is 2.12. The second-order valence-corrected chi connectivity index (χ2v) is 7.11. The molecule has 1 aromatic rings. The molecule has 2 aliphatic rings. The second-order valence-electron chi connectivity index (χ2n) is 6.68. The zero-order valence-electron chi connectivity index (χ0n) is 15.3. The van der Waals surface area contributed by atoms with E-state index in [1.54, 1.807) is 0 Å². The Kier molecular flexibility index (Phi) is 8.72. The fourth-order valence-electron chi connectivity index (χ4n) is 3.33. The number of anilines is 1. The van der Waals surface area contributed by atoms with Crippen LogP contribution in [0.4, 0.5) is 5.69 Å². The highest BCUT2D eigenvalue weighted by molar-refractivity contribution is 14.0. The van der Waals surface area contributed by atoms with Crippen LogP contribution in [0.2, 0.25) is 5.02 Å². The molecule has 2 N–H and O–H groups in total. The Labute approximate surface area is 178 Å². The van der Waals surface area contributed by atoms with Gasteiger partial charge in [-0.1, -0.05) is 17.7 Å². The maximum Gasteiger partial charge on any atom is 0.191 e. The topological polar surface area (TPSA) is 57.3 Å². The van der Waals surface area contributed by atoms with Crippen LogP contribution in [0.25, 0.3) is 0 Å². The first-order chi connectivity index (χ1) is 12.1. The number of ether oxygens (including phenoxy) is 1. The van der Waals surface area contributed by atoms with E-state index in [0.29, 0.717) is 5.96 Å². The van der Waals surface area contributed by atoms with Crippen molar-refractivity contribution < 1.29 is 4.74 Å². The van der Waals surface area contributed by atoms with Crippen molar-refractivity contribution in [1.29, 1.82) is 0 Å². The smallest absolute Gasteiger partial charge is 0.191 e. The Bertz CT molecular complexity index is 595. The Morgan fingerprint density at radius 2 is 2.04 bits per heavy atom. The van der Waals surface area contributed by atoms with E-state index in [1.165, 1.54) is 5.69 Å². The molecule has 8 heteroatoms. The molecule has 0 spiro atoms. The van der Waals surface area contributed by atoms with Crippen molar-refractivity contribution >= 4 is 47.2 Å². The number of piperazine rings is 1. The van der Waals surface area contributed by atoms with Gasteiger partial charge in [0.15, 0.2) is 5.96 Å². The minimum Gasteiger partial charge on any atom is -0.375 e. The van der Waals surface area contributed by atoms with Crippen molar-refractivity contribution in [3.63, 3.8) is 0 Å².